The highest BCUT2D eigenvalue weighted by atomic mass is 79.9. The van der Waals surface area contributed by atoms with Crippen LogP contribution in [0.25, 0.3) is 6.08 Å². The van der Waals surface area contributed by atoms with Gasteiger partial charge in [-0.25, -0.2) is 9.78 Å². The third kappa shape index (κ3) is 4.97. The summed E-state index contributed by atoms with van der Waals surface area (Å²) in [4.78, 5) is 15.7. The SMILES string of the molecule is C=CCOc1ccc(Br)cc1/C=C(\Sc1n[nH]c(C)n1)C(=O)O. The van der Waals surface area contributed by atoms with Crippen LogP contribution in [0.4, 0.5) is 0 Å². The van der Waals surface area contributed by atoms with E-state index in [9.17, 15) is 9.90 Å². The van der Waals surface area contributed by atoms with Gasteiger partial charge in [-0.1, -0.05) is 28.6 Å². The van der Waals surface area contributed by atoms with Gasteiger partial charge < -0.3 is 9.84 Å². The van der Waals surface area contributed by atoms with Gasteiger partial charge in [-0.2, -0.15) is 0 Å². The molecule has 0 saturated carbocycles. The lowest BCUT2D eigenvalue weighted by Crippen LogP contribution is -1.99. The highest BCUT2D eigenvalue weighted by Crippen LogP contribution is 2.30. The molecule has 0 unspecified atom stereocenters. The van der Waals surface area contributed by atoms with Crippen LogP contribution in [-0.4, -0.2) is 32.9 Å². The third-order valence-electron chi connectivity index (χ3n) is 2.60. The first-order valence-corrected chi connectivity index (χ1v) is 8.15. The molecule has 0 atom stereocenters. The minimum absolute atomic E-state index is 0.0885. The second kappa shape index (κ2) is 7.98. The number of aromatic amines is 1. The zero-order valence-electron chi connectivity index (χ0n) is 12.2. The molecule has 2 rings (SSSR count). The molecule has 0 aliphatic rings. The lowest BCUT2D eigenvalue weighted by atomic mass is 10.2. The average molecular weight is 396 g/mol. The molecule has 1 heterocycles. The lowest BCUT2D eigenvalue weighted by Gasteiger charge is -2.08. The van der Waals surface area contributed by atoms with E-state index in [1.54, 1.807) is 25.1 Å². The molecule has 8 heteroatoms. The molecule has 1 aromatic heterocycles. The maximum Gasteiger partial charge on any atom is 0.342 e. The number of aryl methyl sites for hydroxylation is 1. The number of benzene rings is 1. The van der Waals surface area contributed by atoms with Gasteiger partial charge in [0.25, 0.3) is 0 Å². The van der Waals surface area contributed by atoms with Crippen LogP contribution >= 0.6 is 27.7 Å². The molecule has 120 valence electrons. The van der Waals surface area contributed by atoms with Gasteiger partial charge in [0.05, 0.1) is 0 Å². The maximum absolute atomic E-state index is 11.5. The van der Waals surface area contributed by atoms with Gasteiger partial charge >= 0.3 is 5.97 Å². The van der Waals surface area contributed by atoms with E-state index in [0.717, 1.165) is 16.2 Å². The molecule has 0 amide bonds. The second-order valence-corrected chi connectivity index (χ2v) is 6.33. The number of halogens is 1. The second-order valence-electron chi connectivity index (χ2n) is 4.40. The first-order chi connectivity index (χ1) is 11.0. The molecule has 0 radical (unpaired) electrons. The number of hydrogen-bond donors (Lipinski definition) is 2. The number of rotatable bonds is 7. The Kier molecular flexibility index (Phi) is 6.00. The molecule has 0 aliphatic heterocycles. The van der Waals surface area contributed by atoms with E-state index in [4.69, 9.17) is 4.74 Å². The quantitative estimate of drug-likeness (QED) is 0.422. The molecule has 0 fully saturated rings. The number of nitrogens with zero attached hydrogens (tertiary/aromatic N) is 2. The van der Waals surface area contributed by atoms with Crippen molar-refractivity contribution < 1.29 is 14.6 Å². The fourth-order valence-corrected chi connectivity index (χ4v) is 2.78. The summed E-state index contributed by atoms with van der Waals surface area (Å²) < 4.78 is 6.37. The van der Waals surface area contributed by atoms with Gasteiger partial charge in [0, 0.05) is 10.0 Å². The normalized spacial score (nSPS) is 11.3. The molecular weight excluding hydrogens is 382 g/mol. The van der Waals surface area contributed by atoms with E-state index >= 15 is 0 Å². The van der Waals surface area contributed by atoms with Crippen molar-refractivity contribution >= 4 is 39.7 Å². The Bertz CT molecular complexity index is 758. The van der Waals surface area contributed by atoms with Crippen LogP contribution in [0.1, 0.15) is 11.4 Å². The summed E-state index contributed by atoms with van der Waals surface area (Å²) >= 11 is 4.34. The van der Waals surface area contributed by atoms with Crippen LogP contribution in [0, 0.1) is 6.92 Å². The fraction of sp³-hybridized carbons (Fsp3) is 0.133. The number of aliphatic carboxylic acids is 1. The number of nitrogens with one attached hydrogen (secondary N) is 1. The van der Waals surface area contributed by atoms with E-state index in [1.807, 2.05) is 6.07 Å². The van der Waals surface area contributed by atoms with Crippen molar-refractivity contribution in [2.75, 3.05) is 6.61 Å². The summed E-state index contributed by atoms with van der Waals surface area (Å²) in [6.07, 6.45) is 3.15. The topological polar surface area (TPSA) is 88.1 Å². The van der Waals surface area contributed by atoms with Gasteiger partial charge in [0.1, 0.15) is 23.1 Å². The lowest BCUT2D eigenvalue weighted by molar-refractivity contribution is -0.131. The zero-order valence-corrected chi connectivity index (χ0v) is 14.6. The van der Waals surface area contributed by atoms with Crippen molar-refractivity contribution in [1.29, 1.82) is 0 Å². The number of carboxylic acids is 1. The molecule has 0 saturated heterocycles. The van der Waals surface area contributed by atoms with Crippen molar-refractivity contribution in [3.05, 3.63) is 51.6 Å². The molecule has 6 nitrogen and oxygen atoms in total. The van der Waals surface area contributed by atoms with Crippen LogP contribution in [0.3, 0.4) is 0 Å². The standard InChI is InChI=1S/C15H14BrN3O3S/c1-3-6-22-12-5-4-11(16)7-10(12)8-13(14(20)21)23-15-17-9(2)18-19-15/h3-5,7-8H,1,6H2,2H3,(H,20,21)(H,17,18,19)/b13-8-. The number of carboxylic acid groups (broad SMARTS) is 1. The summed E-state index contributed by atoms with van der Waals surface area (Å²) in [6.45, 7) is 5.68. The smallest absolute Gasteiger partial charge is 0.342 e. The average Bonchev–Trinajstić information content (AvgIpc) is 2.91. The Morgan fingerprint density at radius 1 is 1.57 bits per heavy atom. The van der Waals surface area contributed by atoms with Crippen LogP contribution in [0.2, 0.25) is 0 Å². The predicted octanol–water partition coefficient (Wildman–Crippen LogP) is 3.66. The van der Waals surface area contributed by atoms with Gasteiger partial charge in [-0.3, -0.25) is 5.10 Å². The van der Waals surface area contributed by atoms with E-state index in [1.165, 1.54) is 6.08 Å². The summed E-state index contributed by atoms with van der Waals surface area (Å²) in [5.74, 6) is 0.125. The van der Waals surface area contributed by atoms with Gasteiger partial charge in [0.15, 0.2) is 0 Å². The van der Waals surface area contributed by atoms with Gasteiger partial charge in [-0.05, 0) is 43.0 Å². The van der Waals surface area contributed by atoms with Gasteiger partial charge in [0.2, 0.25) is 5.16 Å². The highest BCUT2D eigenvalue weighted by molar-refractivity contribution is 9.10. The number of H-pyrrole nitrogens is 1. The minimum Gasteiger partial charge on any atom is -0.489 e. The summed E-state index contributed by atoms with van der Waals surface area (Å²) in [5, 5.41) is 16.4. The third-order valence-corrected chi connectivity index (χ3v) is 3.97. The molecule has 23 heavy (non-hydrogen) atoms. The number of carbonyl (C=O) groups is 1. The summed E-state index contributed by atoms with van der Waals surface area (Å²) in [5.41, 5.74) is 0.637. The number of ether oxygens (including phenoxy) is 1. The zero-order chi connectivity index (χ0) is 16.8. The highest BCUT2D eigenvalue weighted by Gasteiger charge is 2.14. The minimum atomic E-state index is -1.06. The van der Waals surface area contributed by atoms with Crippen molar-refractivity contribution in [1.82, 2.24) is 15.2 Å². The van der Waals surface area contributed by atoms with Crippen molar-refractivity contribution in [3.8, 4) is 5.75 Å². The van der Waals surface area contributed by atoms with Crippen LogP contribution in [0.15, 0.2) is 45.4 Å². The van der Waals surface area contributed by atoms with Gasteiger partial charge in [-0.15, -0.1) is 5.10 Å². The summed E-state index contributed by atoms with van der Waals surface area (Å²) in [7, 11) is 0. The number of hydrogen-bond acceptors (Lipinski definition) is 5. The first-order valence-electron chi connectivity index (χ1n) is 6.54. The van der Waals surface area contributed by atoms with E-state index in [0.29, 0.717) is 28.9 Å². The largest absolute Gasteiger partial charge is 0.489 e. The molecule has 2 aromatic rings. The Balaban J connectivity index is 2.36. The Morgan fingerprint density at radius 2 is 2.35 bits per heavy atom. The van der Waals surface area contributed by atoms with E-state index in [-0.39, 0.29) is 4.91 Å². The van der Waals surface area contributed by atoms with Crippen molar-refractivity contribution in [3.63, 3.8) is 0 Å². The van der Waals surface area contributed by atoms with Crippen LogP contribution in [-0.2, 0) is 4.79 Å². The van der Waals surface area contributed by atoms with Crippen molar-refractivity contribution in [2.24, 2.45) is 0 Å². The monoisotopic (exact) mass is 395 g/mol. The van der Waals surface area contributed by atoms with E-state index in [2.05, 4.69) is 37.7 Å². The molecular formula is C15H14BrN3O3S. The number of aromatic nitrogens is 3. The molecule has 0 bridgehead atoms. The predicted molar refractivity (Wildman–Crippen MR) is 92.4 cm³/mol. The van der Waals surface area contributed by atoms with Crippen LogP contribution < -0.4 is 4.74 Å². The van der Waals surface area contributed by atoms with Crippen LogP contribution in [0.5, 0.6) is 5.75 Å². The Morgan fingerprint density at radius 3 is 2.96 bits per heavy atom. The Labute approximate surface area is 145 Å². The molecule has 1 aromatic carbocycles. The molecule has 0 spiro atoms. The molecule has 2 N–H and O–H groups in total. The number of thioether (sulfide) groups is 1. The Hall–Kier alpha value is -2.06. The summed E-state index contributed by atoms with van der Waals surface area (Å²) in [6, 6.07) is 5.37. The molecule has 0 aliphatic carbocycles. The maximum atomic E-state index is 11.5. The van der Waals surface area contributed by atoms with E-state index < -0.39 is 5.97 Å². The first kappa shape index (κ1) is 17.3. The van der Waals surface area contributed by atoms with Crippen molar-refractivity contribution in [2.45, 2.75) is 12.1 Å². The fourth-order valence-electron chi connectivity index (χ4n) is 1.65.